The summed E-state index contributed by atoms with van der Waals surface area (Å²) < 4.78 is 11.6. The first-order valence-electron chi connectivity index (χ1n) is 9.63. The lowest BCUT2D eigenvalue weighted by molar-refractivity contribution is 0.100. The standard InChI is InChI=1S/C23H25NO3/c25-21(8-5-17-2-1-11-24-14-17)16-27-23-10-7-19-12-22(9-6-20(19)13-23)26-15-18-3-4-18/h1-2,6-7,9-14,18,21,25H,3-5,8,15-16H2. The summed E-state index contributed by atoms with van der Waals surface area (Å²) in [7, 11) is 0. The molecule has 1 aliphatic rings. The SMILES string of the molecule is OC(CCc1cccnc1)COc1ccc2cc(OCC3CC3)ccc2c1. The zero-order valence-electron chi connectivity index (χ0n) is 15.4. The number of aromatic nitrogens is 1. The molecule has 1 N–H and O–H groups in total. The van der Waals surface area contributed by atoms with Crippen molar-refractivity contribution >= 4 is 10.8 Å². The van der Waals surface area contributed by atoms with E-state index in [1.54, 1.807) is 6.20 Å². The molecule has 140 valence electrons. The van der Waals surface area contributed by atoms with E-state index in [0.717, 1.165) is 46.8 Å². The molecule has 0 bridgehead atoms. The molecule has 0 spiro atoms. The highest BCUT2D eigenvalue weighted by Crippen LogP contribution is 2.30. The van der Waals surface area contributed by atoms with Crippen LogP contribution in [0.3, 0.4) is 0 Å². The lowest BCUT2D eigenvalue weighted by Gasteiger charge is -2.13. The second kappa shape index (κ2) is 8.40. The molecule has 0 saturated heterocycles. The predicted octanol–water partition coefficient (Wildman–Crippen LogP) is 4.40. The fourth-order valence-corrected chi connectivity index (χ4v) is 3.04. The molecular formula is C23H25NO3. The topological polar surface area (TPSA) is 51.6 Å². The number of pyridine rings is 1. The molecule has 1 fully saturated rings. The third kappa shape index (κ3) is 5.20. The summed E-state index contributed by atoms with van der Waals surface area (Å²) in [6.45, 7) is 1.11. The van der Waals surface area contributed by atoms with Gasteiger partial charge in [-0.25, -0.2) is 0 Å². The van der Waals surface area contributed by atoms with Gasteiger partial charge in [0.2, 0.25) is 0 Å². The smallest absolute Gasteiger partial charge is 0.120 e. The molecule has 4 heteroatoms. The van der Waals surface area contributed by atoms with Crippen LogP contribution in [0.4, 0.5) is 0 Å². The molecule has 1 atom stereocenters. The Balaban J connectivity index is 1.29. The van der Waals surface area contributed by atoms with Gasteiger partial charge in [-0.05, 0) is 78.3 Å². The molecule has 4 nitrogen and oxygen atoms in total. The minimum Gasteiger partial charge on any atom is -0.493 e. The van der Waals surface area contributed by atoms with Gasteiger partial charge in [0.15, 0.2) is 0 Å². The van der Waals surface area contributed by atoms with Crippen LogP contribution in [-0.2, 0) is 6.42 Å². The van der Waals surface area contributed by atoms with Crippen molar-refractivity contribution in [3.8, 4) is 11.5 Å². The second-order valence-electron chi connectivity index (χ2n) is 7.29. The predicted molar refractivity (Wildman–Crippen MR) is 106 cm³/mol. The van der Waals surface area contributed by atoms with E-state index in [2.05, 4.69) is 17.1 Å². The number of hydrogen-bond acceptors (Lipinski definition) is 4. The molecule has 1 aliphatic carbocycles. The average molecular weight is 363 g/mol. The molecule has 1 heterocycles. The number of hydrogen-bond donors (Lipinski definition) is 1. The molecular weight excluding hydrogens is 338 g/mol. The molecule has 2 aromatic carbocycles. The number of rotatable bonds is 9. The molecule has 3 aromatic rings. The van der Waals surface area contributed by atoms with Crippen LogP contribution in [0.5, 0.6) is 11.5 Å². The van der Waals surface area contributed by atoms with Crippen LogP contribution in [-0.4, -0.2) is 29.4 Å². The first-order chi connectivity index (χ1) is 13.3. The van der Waals surface area contributed by atoms with Crippen LogP contribution in [0.2, 0.25) is 0 Å². The van der Waals surface area contributed by atoms with Gasteiger partial charge in [0.25, 0.3) is 0 Å². The van der Waals surface area contributed by atoms with E-state index in [1.165, 1.54) is 12.8 Å². The first kappa shape index (κ1) is 17.8. The summed E-state index contributed by atoms with van der Waals surface area (Å²) in [5.74, 6) is 2.45. The molecule has 27 heavy (non-hydrogen) atoms. The van der Waals surface area contributed by atoms with E-state index in [4.69, 9.17) is 9.47 Å². The zero-order chi connectivity index (χ0) is 18.5. The van der Waals surface area contributed by atoms with Crippen molar-refractivity contribution in [1.82, 2.24) is 4.98 Å². The van der Waals surface area contributed by atoms with Crippen molar-refractivity contribution in [1.29, 1.82) is 0 Å². The minimum atomic E-state index is -0.501. The van der Waals surface area contributed by atoms with Crippen LogP contribution < -0.4 is 9.47 Å². The Hall–Kier alpha value is -2.59. The van der Waals surface area contributed by atoms with Crippen LogP contribution in [0.1, 0.15) is 24.8 Å². The Morgan fingerprint density at radius 1 is 1.00 bits per heavy atom. The van der Waals surface area contributed by atoms with Gasteiger partial charge in [-0.3, -0.25) is 4.98 Å². The molecule has 0 radical (unpaired) electrons. The number of aliphatic hydroxyl groups excluding tert-OH is 1. The van der Waals surface area contributed by atoms with Gasteiger partial charge in [-0.15, -0.1) is 0 Å². The Morgan fingerprint density at radius 3 is 2.41 bits per heavy atom. The van der Waals surface area contributed by atoms with Crippen LogP contribution in [0.25, 0.3) is 10.8 Å². The van der Waals surface area contributed by atoms with E-state index in [1.807, 2.05) is 42.6 Å². The third-order valence-corrected chi connectivity index (χ3v) is 4.90. The summed E-state index contributed by atoms with van der Waals surface area (Å²) in [6.07, 6.45) is 7.12. The number of benzene rings is 2. The molecule has 1 aromatic heterocycles. The van der Waals surface area contributed by atoms with Crippen molar-refractivity contribution in [3.63, 3.8) is 0 Å². The molecule has 0 aliphatic heterocycles. The lowest BCUT2D eigenvalue weighted by Crippen LogP contribution is -2.18. The fourth-order valence-electron chi connectivity index (χ4n) is 3.04. The summed E-state index contributed by atoms with van der Waals surface area (Å²) in [5.41, 5.74) is 1.13. The van der Waals surface area contributed by atoms with Crippen molar-refractivity contribution in [2.75, 3.05) is 13.2 Å². The van der Waals surface area contributed by atoms with Crippen LogP contribution in [0, 0.1) is 5.92 Å². The van der Waals surface area contributed by atoms with E-state index in [0.29, 0.717) is 6.42 Å². The Bertz CT molecular complexity index is 877. The monoisotopic (exact) mass is 363 g/mol. The zero-order valence-corrected chi connectivity index (χ0v) is 15.4. The van der Waals surface area contributed by atoms with E-state index in [9.17, 15) is 5.11 Å². The lowest BCUT2D eigenvalue weighted by atomic mass is 10.1. The summed E-state index contributed by atoms with van der Waals surface area (Å²) >= 11 is 0. The maximum Gasteiger partial charge on any atom is 0.120 e. The van der Waals surface area contributed by atoms with E-state index >= 15 is 0 Å². The maximum atomic E-state index is 10.2. The Morgan fingerprint density at radius 2 is 1.74 bits per heavy atom. The van der Waals surface area contributed by atoms with Gasteiger partial charge in [-0.1, -0.05) is 18.2 Å². The molecule has 1 saturated carbocycles. The van der Waals surface area contributed by atoms with Gasteiger partial charge < -0.3 is 14.6 Å². The normalized spacial score (nSPS) is 14.9. The highest BCUT2D eigenvalue weighted by Gasteiger charge is 2.21. The van der Waals surface area contributed by atoms with Crippen molar-refractivity contribution in [3.05, 3.63) is 66.5 Å². The van der Waals surface area contributed by atoms with Crippen LogP contribution in [0.15, 0.2) is 60.9 Å². The Labute approximate surface area is 159 Å². The van der Waals surface area contributed by atoms with Gasteiger partial charge in [0.1, 0.15) is 18.1 Å². The molecule has 0 amide bonds. The van der Waals surface area contributed by atoms with E-state index in [-0.39, 0.29) is 6.61 Å². The average Bonchev–Trinajstić information content (AvgIpc) is 3.54. The van der Waals surface area contributed by atoms with Crippen molar-refractivity contribution < 1.29 is 14.6 Å². The van der Waals surface area contributed by atoms with Crippen molar-refractivity contribution in [2.24, 2.45) is 5.92 Å². The highest BCUT2D eigenvalue weighted by atomic mass is 16.5. The Kier molecular flexibility index (Phi) is 5.54. The summed E-state index contributed by atoms with van der Waals surface area (Å²) in [6, 6.07) is 16.1. The van der Waals surface area contributed by atoms with E-state index < -0.39 is 6.10 Å². The maximum absolute atomic E-state index is 10.2. The first-order valence-corrected chi connectivity index (χ1v) is 9.63. The van der Waals surface area contributed by atoms with Gasteiger partial charge in [-0.2, -0.15) is 0 Å². The quantitative estimate of drug-likeness (QED) is 0.612. The summed E-state index contributed by atoms with van der Waals surface area (Å²) in [4.78, 5) is 4.09. The number of nitrogens with zero attached hydrogens (tertiary/aromatic N) is 1. The third-order valence-electron chi connectivity index (χ3n) is 4.90. The fraction of sp³-hybridized carbons (Fsp3) is 0.348. The van der Waals surface area contributed by atoms with Gasteiger partial charge in [0.05, 0.1) is 12.7 Å². The second-order valence-corrected chi connectivity index (χ2v) is 7.29. The highest BCUT2D eigenvalue weighted by molar-refractivity contribution is 5.85. The number of fused-ring (bicyclic) bond motifs is 1. The summed E-state index contributed by atoms with van der Waals surface area (Å²) in [5, 5.41) is 12.4. The van der Waals surface area contributed by atoms with Crippen LogP contribution >= 0.6 is 0 Å². The number of aliphatic hydroxyl groups is 1. The van der Waals surface area contributed by atoms with Gasteiger partial charge >= 0.3 is 0 Å². The number of ether oxygens (including phenoxy) is 2. The minimum absolute atomic E-state index is 0.286. The molecule has 1 unspecified atom stereocenters. The van der Waals surface area contributed by atoms with Gasteiger partial charge in [0, 0.05) is 12.4 Å². The molecule has 4 rings (SSSR count). The largest absolute Gasteiger partial charge is 0.493 e. The number of aryl methyl sites for hydroxylation is 1. The van der Waals surface area contributed by atoms with Crippen molar-refractivity contribution in [2.45, 2.75) is 31.8 Å².